The van der Waals surface area contributed by atoms with E-state index in [9.17, 15) is 13.2 Å². The molecule has 1 amide bonds. The third-order valence-electron chi connectivity index (χ3n) is 7.47. The SMILES string of the molecule is CC1CN(c2nccc(S(=O)(=O)c3cccc(N4CCCC4c4ccccc4)n3)c2C(N)=O)C(C)(C)C1. The predicted octanol–water partition coefficient (Wildman–Crippen LogP) is 4.37. The highest BCUT2D eigenvalue weighted by Gasteiger charge is 2.40. The van der Waals surface area contributed by atoms with Gasteiger partial charge in [-0.25, -0.2) is 18.4 Å². The van der Waals surface area contributed by atoms with E-state index >= 15 is 0 Å². The molecule has 2 aliphatic rings. The van der Waals surface area contributed by atoms with Crippen molar-refractivity contribution in [1.29, 1.82) is 0 Å². The standard InChI is InChI=1S/C28H33N5O3S/c1-19-17-28(2,3)33(18-19)27-25(26(29)34)22(14-15-30-27)37(35,36)24-13-7-12-23(31-24)32-16-8-11-21(32)20-9-5-4-6-10-20/h4-7,9-10,12-15,19,21H,8,11,16-18H2,1-3H3,(H2,29,34). The number of anilines is 2. The Hall–Kier alpha value is -3.46. The predicted molar refractivity (Wildman–Crippen MR) is 143 cm³/mol. The Morgan fingerprint density at radius 3 is 2.51 bits per heavy atom. The van der Waals surface area contributed by atoms with Gasteiger partial charge in [0.25, 0.3) is 5.91 Å². The number of nitrogens with zero attached hydrogens (tertiary/aromatic N) is 4. The zero-order valence-corrected chi connectivity index (χ0v) is 22.3. The highest BCUT2D eigenvalue weighted by atomic mass is 32.2. The molecule has 37 heavy (non-hydrogen) atoms. The first-order valence-corrected chi connectivity index (χ1v) is 14.2. The van der Waals surface area contributed by atoms with E-state index in [-0.39, 0.29) is 27.1 Å². The van der Waals surface area contributed by atoms with Crippen LogP contribution in [0.25, 0.3) is 0 Å². The minimum Gasteiger partial charge on any atom is -0.365 e. The number of amides is 1. The molecule has 0 bridgehead atoms. The van der Waals surface area contributed by atoms with Crippen LogP contribution in [0.4, 0.5) is 11.6 Å². The van der Waals surface area contributed by atoms with Gasteiger partial charge in [-0.05, 0) is 62.8 Å². The lowest BCUT2D eigenvalue weighted by atomic mass is 9.97. The van der Waals surface area contributed by atoms with E-state index in [1.807, 2.05) is 29.2 Å². The first-order chi connectivity index (χ1) is 17.6. The van der Waals surface area contributed by atoms with Crippen LogP contribution in [0.2, 0.25) is 0 Å². The average Bonchev–Trinajstić information content (AvgIpc) is 3.47. The molecule has 8 nitrogen and oxygen atoms in total. The molecule has 0 aliphatic carbocycles. The molecule has 3 aromatic rings. The third kappa shape index (κ3) is 4.56. The van der Waals surface area contributed by atoms with Crippen molar-refractivity contribution in [2.75, 3.05) is 22.9 Å². The Morgan fingerprint density at radius 2 is 1.84 bits per heavy atom. The fourth-order valence-electron chi connectivity index (χ4n) is 5.94. The van der Waals surface area contributed by atoms with Crippen LogP contribution in [0.3, 0.4) is 0 Å². The van der Waals surface area contributed by atoms with E-state index in [0.29, 0.717) is 24.1 Å². The van der Waals surface area contributed by atoms with Gasteiger partial charge in [0.05, 0.1) is 10.9 Å². The molecule has 0 radical (unpaired) electrons. The van der Waals surface area contributed by atoms with E-state index in [1.54, 1.807) is 6.07 Å². The van der Waals surface area contributed by atoms with Gasteiger partial charge in [-0.2, -0.15) is 0 Å². The molecule has 9 heteroatoms. The number of pyridine rings is 2. The molecule has 0 saturated carbocycles. The number of rotatable bonds is 6. The van der Waals surface area contributed by atoms with Crippen molar-refractivity contribution in [3.63, 3.8) is 0 Å². The maximum absolute atomic E-state index is 13.9. The molecule has 0 spiro atoms. The average molecular weight is 520 g/mol. The summed E-state index contributed by atoms with van der Waals surface area (Å²) >= 11 is 0. The van der Waals surface area contributed by atoms with Crippen LogP contribution >= 0.6 is 0 Å². The molecule has 2 aliphatic heterocycles. The highest BCUT2D eigenvalue weighted by Crippen LogP contribution is 2.40. The number of sulfone groups is 1. The van der Waals surface area contributed by atoms with Crippen LogP contribution in [0, 0.1) is 5.92 Å². The first kappa shape index (κ1) is 25.2. The van der Waals surface area contributed by atoms with Gasteiger partial charge in [0.15, 0.2) is 5.03 Å². The van der Waals surface area contributed by atoms with E-state index < -0.39 is 15.7 Å². The lowest BCUT2D eigenvalue weighted by Crippen LogP contribution is -2.40. The molecule has 2 atom stereocenters. The van der Waals surface area contributed by atoms with Crippen molar-refractivity contribution in [1.82, 2.24) is 9.97 Å². The summed E-state index contributed by atoms with van der Waals surface area (Å²) in [4.78, 5) is 25.7. The molecule has 4 heterocycles. The van der Waals surface area contributed by atoms with Gasteiger partial charge in [-0.3, -0.25) is 4.79 Å². The van der Waals surface area contributed by atoms with Gasteiger partial charge >= 0.3 is 0 Å². The van der Waals surface area contributed by atoms with Crippen molar-refractivity contribution in [2.45, 2.75) is 61.5 Å². The Kier molecular flexibility index (Phi) is 6.43. The number of benzene rings is 1. The summed E-state index contributed by atoms with van der Waals surface area (Å²) in [7, 11) is -4.16. The number of hydrogen-bond donors (Lipinski definition) is 1. The number of nitrogens with two attached hydrogens (primary N) is 1. The van der Waals surface area contributed by atoms with Crippen LogP contribution in [0.15, 0.2) is 70.7 Å². The number of carbonyl (C=O) groups is 1. The zero-order valence-electron chi connectivity index (χ0n) is 21.5. The number of hydrogen-bond acceptors (Lipinski definition) is 7. The minimum absolute atomic E-state index is 0.0831. The summed E-state index contributed by atoms with van der Waals surface area (Å²) in [5, 5.41) is -0.114. The Labute approximate surface area is 218 Å². The molecule has 2 saturated heterocycles. The molecule has 194 valence electrons. The summed E-state index contributed by atoms with van der Waals surface area (Å²) in [5.41, 5.74) is 6.59. The summed E-state index contributed by atoms with van der Waals surface area (Å²) in [6.45, 7) is 7.70. The summed E-state index contributed by atoms with van der Waals surface area (Å²) in [6.07, 6.45) is 4.28. The lowest BCUT2D eigenvalue weighted by molar-refractivity contribution is 0.0997. The van der Waals surface area contributed by atoms with E-state index in [4.69, 9.17) is 5.73 Å². The molecule has 2 unspecified atom stereocenters. The van der Waals surface area contributed by atoms with E-state index in [0.717, 1.165) is 25.8 Å². The minimum atomic E-state index is -4.16. The third-order valence-corrected chi connectivity index (χ3v) is 9.17. The molecule has 2 N–H and O–H groups in total. The van der Waals surface area contributed by atoms with Crippen LogP contribution < -0.4 is 15.5 Å². The second-order valence-electron chi connectivity index (χ2n) is 10.7. The molecular weight excluding hydrogens is 486 g/mol. The van der Waals surface area contributed by atoms with Crippen molar-refractivity contribution < 1.29 is 13.2 Å². The lowest BCUT2D eigenvalue weighted by Gasteiger charge is -2.34. The topological polar surface area (TPSA) is 109 Å². The van der Waals surface area contributed by atoms with Crippen LogP contribution in [0.5, 0.6) is 0 Å². The van der Waals surface area contributed by atoms with Gasteiger partial charge < -0.3 is 15.5 Å². The van der Waals surface area contributed by atoms with Gasteiger partial charge in [-0.15, -0.1) is 0 Å². The second-order valence-corrected chi connectivity index (χ2v) is 12.6. The summed E-state index contributed by atoms with van der Waals surface area (Å²) in [5.74, 6) is 0.450. The van der Waals surface area contributed by atoms with Crippen LogP contribution in [-0.4, -0.2) is 42.9 Å². The van der Waals surface area contributed by atoms with Crippen LogP contribution in [0.1, 0.15) is 62.0 Å². The largest absolute Gasteiger partial charge is 0.365 e. The second kappa shape index (κ2) is 9.45. The molecule has 1 aromatic carbocycles. The fraction of sp³-hybridized carbons (Fsp3) is 0.393. The van der Waals surface area contributed by atoms with Gasteiger partial charge in [0, 0.05) is 24.8 Å². The molecule has 2 aromatic heterocycles. The molecular formula is C28H33N5O3S. The van der Waals surface area contributed by atoms with Gasteiger partial charge in [0.2, 0.25) is 9.84 Å². The monoisotopic (exact) mass is 519 g/mol. The number of carbonyl (C=O) groups excluding carboxylic acids is 1. The molecule has 5 rings (SSSR count). The normalized spacial score (nSPS) is 21.4. The summed E-state index contributed by atoms with van der Waals surface area (Å²) in [6, 6.07) is 16.7. The van der Waals surface area contributed by atoms with Crippen LogP contribution in [-0.2, 0) is 9.84 Å². The number of aromatic nitrogens is 2. The first-order valence-electron chi connectivity index (χ1n) is 12.7. The number of primary amides is 1. The van der Waals surface area contributed by atoms with Gasteiger partial charge in [-0.1, -0.05) is 43.3 Å². The highest BCUT2D eigenvalue weighted by molar-refractivity contribution is 7.91. The van der Waals surface area contributed by atoms with Crippen molar-refractivity contribution in [3.8, 4) is 0 Å². The van der Waals surface area contributed by atoms with Crippen molar-refractivity contribution in [2.24, 2.45) is 11.7 Å². The zero-order chi connectivity index (χ0) is 26.4. The smallest absolute Gasteiger partial charge is 0.253 e. The Bertz CT molecular complexity index is 1420. The molecule has 2 fully saturated rings. The quantitative estimate of drug-likeness (QED) is 0.515. The van der Waals surface area contributed by atoms with Crippen molar-refractivity contribution >= 4 is 27.4 Å². The van der Waals surface area contributed by atoms with Gasteiger partial charge in [0.1, 0.15) is 17.2 Å². The maximum atomic E-state index is 13.9. The maximum Gasteiger partial charge on any atom is 0.253 e. The van der Waals surface area contributed by atoms with Crippen molar-refractivity contribution in [3.05, 3.63) is 71.9 Å². The fourth-order valence-corrected chi connectivity index (χ4v) is 7.34. The Balaban J connectivity index is 1.56. The van der Waals surface area contributed by atoms with E-state index in [2.05, 4.69) is 47.8 Å². The van der Waals surface area contributed by atoms with E-state index in [1.165, 1.54) is 23.9 Å². The Morgan fingerprint density at radius 1 is 1.08 bits per heavy atom. The summed E-state index contributed by atoms with van der Waals surface area (Å²) < 4.78 is 27.9.